The van der Waals surface area contributed by atoms with Gasteiger partial charge in [-0.3, -0.25) is 4.79 Å². The van der Waals surface area contributed by atoms with Crippen LogP contribution in [0.1, 0.15) is 52.7 Å². The predicted molar refractivity (Wildman–Crippen MR) is 121 cm³/mol. The van der Waals surface area contributed by atoms with Gasteiger partial charge in [0, 0.05) is 27.9 Å². The highest BCUT2D eigenvalue weighted by molar-refractivity contribution is 6.13. The topological polar surface area (TPSA) is 41.1 Å². The highest BCUT2D eigenvalue weighted by Gasteiger charge is 2.43. The highest BCUT2D eigenvalue weighted by atomic mass is 16.1. The van der Waals surface area contributed by atoms with E-state index in [1.54, 1.807) is 0 Å². The van der Waals surface area contributed by atoms with Gasteiger partial charge in [0.2, 0.25) is 0 Å². The summed E-state index contributed by atoms with van der Waals surface area (Å²) >= 11 is 0. The largest absolute Gasteiger partial charge is 0.356 e. The monoisotopic (exact) mass is 386 g/mol. The predicted octanol–water partition coefficient (Wildman–Crippen LogP) is 6.00. The molecule has 2 aromatic carbocycles. The SMILES string of the molecule is CC(C)(C)C1=CC2(C=C(C(C)(C)C)C1=O)Nc1ccc3c4c(ccc(c14)N2)CC3. The molecular weight excluding hydrogens is 356 g/mol. The molecule has 0 fully saturated rings. The Labute approximate surface area is 173 Å². The van der Waals surface area contributed by atoms with E-state index < -0.39 is 5.66 Å². The van der Waals surface area contributed by atoms with Crippen molar-refractivity contribution < 1.29 is 4.79 Å². The molecule has 1 heterocycles. The van der Waals surface area contributed by atoms with E-state index in [1.165, 1.54) is 21.9 Å². The van der Waals surface area contributed by atoms with Gasteiger partial charge < -0.3 is 10.6 Å². The number of ketones is 1. The van der Waals surface area contributed by atoms with Crippen molar-refractivity contribution >= 4 is 27.9 Å². The summed E-state index contributed by atoms with van der Waals surface area (Å²) in [6.45, 7) is 12.7. The Balaban J connectivity index is 1.73. The number of nitrogens with one attached hydrogen (secondary N) is 2. The fourth-order valence-corrected chi connectivity index (χ4v) is 5.05. The van der Waals surface area contributed by atoms with E-state index in [2.05, 4.69) is 88.6 Å². The number of anilines is 2. The van der Waals surface area contributed by atoms with Crippen LogP contribution in [0.15, 0.2) is 47.6 Å². The summed E-state index contributed by atoms with van der Waals surface area (Å²) in [5.41, 5.74) is 5.83. The standard InChI is InChI=1S/C26H30N2O/c1-24(2,3)17-13-26(14-18(23(17)29)25(4,5)6)27-19-11-9-15-7-8-16-10-12-20(28-26)22(19)21(15)16/h9-14,27-28H,7-8H2,1-6H3. The van der Waals surface area contributed by atoms with Crippen LogP contribution in [0.25, 0.3) is 10.8 Å². The van der Waals surface area contributed by atoms with E-state index >= 15 is 0 Å². The normalized spacial score (nSPS) is 19.7. The van der Waals surface area contributed by atoms with Crippen molar-refractivity contribution in [3.63, 3.8) is 0 Å². The Morgan fingerprint density at radius 2 is 1.17 bits per heavy atom. The van der Waals surface area contributed by atoms with Gasteiger partial charge in [-0.2, -0.15) is 0 Å². The summed E-state index contributed by atoms with van der Waals surface area (Å²) in [5.74, 6) is 0.166. The maximum atomic E-state index is 13.4. The van der Waals surface area contributed by atoms with Gasteiger partial charge in [-0.25, -0.2) is 0 Å². The Kier molecular flexibility index (Phi) is 3.52. The second kappa shape index (κ2) is 5.53. The summed E-state index contributed by atoms with van der Waals surface area (Å²) < 4.78 is 0. The van der Waals surface area contributed by atoms with Gasteiger partial charge in [0.15, 0.2) is 5.78 Å². The summed E-state index contributed by atoms with van der Waals surface area (Å²) in [6.07, 6.45) is 6.47. The molecule has 5 rings (SSSR count). The van der Waals surface area contributed by atoms with E-state index in [4.69, 9.17) is 0 Å². The molecule has 0 amide bonds. The first-order chi connectivity index (χ1) is 13.5. The summed E-state index contributed by atoms with van der Waals surface area (Å²) in [7, 11) is 0. The van der Waals surface area contributed by atoms with Gasteiger partial charge >= 0.3 is 0 Å². The summed E-state index contributed by atoms with van der Waals surface area (Å²) in [6, 6.07) is 8.95. The van der Waals surface area contributed by atoms with Gasteiger partial charge in [-0.15, -0.1) is 0 Å². The smallest absolute Gasteiger partial charge is 0.185 e. The first-order valence-corrected chi connectivity index (χ1v) is 10.6. The van der Waals surface area contributed by atoms with Crippen molar-refractivity contribution in [2.45, 2.75) is 60.0 Å². The Bertz CT molecular complexity index is 1050. The Hall–Kier alpha value is -2.55. The first-order valence-electron chi connectivity index (χ1n) is 10.6. The molecule has 0 radical (unpaired) electrons. The molecule has 150 valence electrons. The molecule has 1 aliphatic heterocycles. The molecule has 0 unspecified atom stereocenters. The zero-order valence-electron chi connectivity index (χ0n) is 18.3. The molecule has 3 aliphatic rings. The average molecular weight is 387 g/mol. The van der Waals surface area contributed by atoms with Crippen LogP contribution in [0.3, 0.4) is 0 Å². The first kappa shape index (κ1) is 18.5. The fraction of sp³-hybridized carbons (Fsp3) is 0.423. The van der Waals surface area contributed by atoms with Gasteiger partial charge in [0.1, 0.15) is 5.66 Å². The number of hydrogen-bond donors (Lipinski definition) is 2. The third-order valence-corrected chi connectivity index (χ3v) is 6.53. The molecule has 2 aliphatic carbocycles. The van der Waals surface area contributed by atoms with Crippen LogP contribution in [-0.4, -0.2) is 11.4 Å². The second-order valence-corrected chi connectivity index (χ2v) is 10.9. The van der Waals surface area contributed by atoms with Crippen LogP contribution in [-0.2, 0) is 17.6 Å². The van der Waals surface area contributed by atoms with Crippen LogP contribution >= 0.6 is 0 Å². The maximum absolute atomic E-state index is 13.4. The molecule has 0 aromatic heterocycles. The third-order valence-electron chi connectivity index (χ3n) is 6.53. The molecule has 2 N–H and O–H groups in total. The van der Waals surface area contributed by atoms with Crippen molar-refractivity contribution in [2.24, 2.45) is 10.8 Å². The number of allylic oxidation sites excluding steroid dienone is 2. The van der Waals surface area contributed by atoms with E-state index in [-0.39, 0.29) is 16.6 Å². The van der Waals surface area contributed by atoms with E-state index in [9.17, 15) is 4.79 Å². The third kappa shape index (κ3) is 2.67. The minimum atomic E-state index is -0.601. The summed E-state index contributed by atoms with van der Waals surface area (Å²) in [5, 5.41) is 10.2. The minimum absolute atomic E-state index is 0.166. The lowest BCUT2D eigenvalue weighted by molar-refractivity contribution is -0.114. The van der Waals surface area contributed by atoms with E-state index in [1.807, 2.05) is 0 Å². The lowest BCUT2D eigenvalue weighted by Gasteiger charge is -2.43. The lowest BCUT2D eigenvalue weighted by atomic mass is 9.70. The van der Waals surface area contributed by atoms with Gasteiger partial charge in [0.05, 0.1) is 0 Å². The molecule has 2 aromatic rings. The second-order valence-electron chi connectivity index (χ2n) is 10.9. The number of hydrogen-bond acceptors (Lipinski definition) is 3. The van der Waals surface area contributed by atoms with Crippen LogP contribution in [0.4, 0.5) is 11.4 Å². The quantitative estimate of drug-likeness (QED) is 0.583. The van der Waals surface area contributed by atoms with Crippen LogP contribution in [0.2, 0.25) is 0 Å². The van der Waals surface area contributed by atoms with Crippen molar-refractivity contribution in [3.05, 3.63) is 58.7 Å². The number of carbonyl (C=O) groups is 1. The number of rotatable bonds is 0. The van der Waals surface area contributed by atoms with Crippen LogP contribution < -0.4 is 10.6 Å². The van der Waals surface area contributed by atoms with Crippen LogP contribution in [0, 0.1) is 10.8 Å². The molecule has 29 heavy (non-hydrogen) atoms. The van der Waals surface area contributed by atoms with Gasteiger partial charge in [0.25, 0.3) is 0 Å². The van der Waals surface area contributed by atoms with E-state index in [0.717, 1.165) is 35.4 Å². The number of aryl methyl sites for hydroxylation is 2. The molecule has 0 atom stereocenters. The lowest BCUT2D eigenvalue weighted by Crippen LogP contribution is -2.49. The van der Waals surface area contributed by atoms with E-state index in [0.29, 0.717) is 0 Å². The average Bonchev–Trinajstić information content (AvgIpc) is 3.04. The van der Waals surface area contributed by atoms with Crippen molar-refractivity contribution in [3.8, 4) is 0 Å². The molecule has 0 saturated carbocycles. The molecule has 3 heteroatoms. The zero-order valence-corrected chi connectivity index (χ0v) is 18.3. The van der Waals surface area contributed by atoms with Gasteiger partial charge in [-0.05, 0) is 64.5 Å². The minimum Gasteiger partial charge on any atom is -0.356 e. The highest BCUT2D eigenvalue weighted by Crippen LogP contribution is 2.47. The molecule has 3 nitrogen and oxygen atoms in total. The van der Waals surface area contributed by atoms with Gasteiger partial charge in [-0.1, -0.05) is 53.7 Å². The Morgan fingerprint density at radius 3 is 1.59 bits per heavy atom. The molecule has 0 bridgehead atoms. The number of benzene rings is 2. The molecule has 0 saturated heterocycles. The zero-order chi connectivity index (χ0) is 20.8. The molecule has 1 spiro atoms. The van der Waals surface area contributed by atoms with Crippen LogP contribution in [0.5, 0.6) is 0 Å². The fourth-order valence-electron chi connectivity index (χ4n) is 5.05. The number of carbonyl (C=O) groups excluding carboxylic acids is 1. The number of Topliss-reactive ketones (excluding diaryl/α,β-unsaturated/α-hetero) is 1. The maximum Gasteiger partial charge on any atom is 0.185 e. The van der Waals surface area contributed by atoms with Crippen molar-refractivity contribution in [1.82, 2.24) is 0 Å². The summed E-state index contributed by atoms with van der Waals surface area (Å²) in [4.78, 5) is 13.4. The molecular formula is C26H30N2O. The van der Waals surface area contributed by atoms with Crippen molar-refractivity contribution in [2.75, 3.05) is 10.6 Å². The Morgan fingerprint density at radius 1 is 0.724 bits per heavy atom. The van der Waals surface area contributed by atoms with Crippen molar-refractivity contribution in [1.29, 1.82) is 0 Å².